The van der Waals surface area contributed by atoms with E-state index in [1.54, 1.807) is 6.08 Å². The second-order valence-electron chi connectivity index (χ2n) is 4.16. The minimum Gasteiger partial charge on any atom is -0.288 e. The number of hydrogen-bond donors (Lipinski definition) is 0. The van der Waals surface area contributed by atoms with Crippen molar-refractivity contribution in [2.45, 2.75) is 0 Å². The summed E-state index contributed by atoms with van der Waals surface area (Å²) in [5.41, 5.74) is 1.68. The summed E-state index contributed by atoms with van der Waals surface area (Å²) >= 11 is 0. The molecule has 0 saturated heterocycles. The SMILES string of the molecule is C=CC#Cn1c2ccccc2c(=O)c2ccccc21. The predicted molar refractivity (Wildman–Crippen MR) is 79.1 cm³/mol. The average molecular weight is 245 g/mol. The summed E-state index contributed by atoms with van der Waals surface area (Å²) in [6, 6.07) is 18.0. The number of hydrogen-bond acceptors (Lipinski definition) is 1. The van der Waals surface area contributed by atoms with Gasteiger partial charge in [-0.25, -0.2) is 0 Å². The number of allylic oxidation sites excluding steroid dienone is 1. The first-order valence-corrected chi connectivity index (χ1v) is 5.98. The smallest absolute Gasteiger partial charge is 0.197 e. The van der Waals surface area contributed by atoms with E-state index < -0.39 is 0 Å². The summed E-state index contributed by atoms with van der Waals surface area (Å²) in [4.78, 5) is 12.4. The summed E-state index contributed by atoms with van der Waals surface area (Å²) < 4.78 is 1.84. The van der Waals surface area contributed by atoms with Crippen molar-refractivity contribution in [3.05, 3.63) is 71.4 Å². The Labute approximate surface area is 110 Å². The third-order valence-electron chi connectivity index (χ3n) is 3.06. The molecule has 1 heterocycles. The zero-order valence-corrected chi connectivity index (χ0v) is 10.3. The molecule has 2 nitrogen and oxygen atoms in total. The molecular weight excluding hydrogens is 234 g/mol. The highest BCUT2D eigenvalue weighted by Gasteiger charge is 2.08. The van der Waals surface area contributed by atoms with Crippen LogP contribution in [0, 0.1) is 12.0 Å². The van der Waals surface area contributed by atoms with Crippen LogP contribution in [0.3, 0.4) is 0 Å². The van der Waals surface area contributed by atoms with Gasteiger partial charge in [-0.2, -0.15) is 0 Å². The van der Waals surface area contributed by atoms with Crippen LogP contribution in [0.1, 0.15) is 0 Å². The Balaban J connectivity index is 2.64. The normalized spacial score (nSPS) is 10.1. The van der Waals surface area contributed by atoms with Crippen LogP contribution in [0.2, 0.25) is 0 Å². The summed E-state index contributed by atoms with van der Waals surface area (Å²) in [5.74, 6) is 2.84. The van der Waals surface area contributed by atoms with Crippen LogP contribution in [-0.2, 0) is 0 Å². The molecule has 0 saturated carbocycles. The van der Waals surface area contributed by atoms with Crippen molar-refractivity contribution in [3.8, 4) is 12.0 Å². The Kier molecular flexibility index (Phi) is 2.66. The molecule has 0 N–H and O–H groups in total. The van der Waals surface area contributed by atoms with E-state index in [0.717, 1.165) is 11.0 Å². The van der Waals surface area contributed by atoms with E-state index in [0.29, 0.717) is 10.8 Å². The monoisotopic (exact) mass is 245 g/mol. The fourth-order valence-electron chi connectivity index (χ4n) is 2.23. The molecule has 0 bridgehead atoms. The number of nitrogens with zero attached hydrogens (tertiary/aromatic N) is 1. The highest BCUT2D eigenvalue weighted by molar-refractivity contribution is 5.94. The van der Waals surface area contributed by atoms with Gasteiger partial charge in [0.2, 0.25) is 0 Å². The molecule has 3 rings (SSSR count). The first-order chi connectivity index (χ1) is 9.33. The third-order valence-corrected chi connectivity index (χ3v) is 3.06. The van der Waals surface area contributed by atoms with Gasteiger partial charge < -0.3 is 0 Å². The molecule has 1 aromatic heterocycles. The van der Waals surface area contributed by atoms with Crippen molar-refractivity contribution < 1.29 is 0 Å². The number of para-hydroxylation sites is 2. The lowest BCUT2D eigenvalue weighted by atomic mass is 10.1. The van der Waals surface area contributed by atoms with Crippen molar-refractivity contribution in [1.82, 2.24) is 4.57 Å². The van der Waals surface area contributed by atoms with Gasteiger partial charge in [-0.3, -0.25) is 9.36 Å². The molecule has 0 radical (unpaired) electrons. The summed E-state index contributed by atoms with van der Waals surface area (Å²) in [5, 5.41) is 1.36. The maximum atomic E-state index is 12.4. The first kappa shape index (κ1) is 11.3. The maximum absolute atomic E-state index is 12.4. The Morgan fingerprint density at radius 3 is 2.00 bits per heavy atom. The van der Waals surface area contributed by atoms with E-state index in [2.05, 4.69) is 18.5 Å². The molecule has 3 aromatic rings. The van der Waals surface area contributed by atoms with Crippen molar-refractivity contribution >= 4 is 21.8 Å². The lowest BCUT2D eigenvalue weighted by Gasteiger charge is -2.08. The number of benzene rings is 2. The first-order valence-electron chi connectivity index (χ1n) is 5.98. The van der Waals surface area contributed by atoms with E-state index in [-0.39, 0.29) is 5.43 Å². The molecule has 0 amide bonds. The molecular formula is C17H11NO. The van der Waals surface area contributed by atoms with E-state index in [4.69, 9.17) is 0 Å². The van der Waals surface area contributed by atoms with Crippen LogP contribution < -0.4 is 5.43 Å². The summed E-state index contributed by atoms with van der Waals surface area (Å²) in [6.07, 6.45) is 1.54. The molecule has 0 aliphatic carbocycles. The number of fused-ring (bicyclic) bond motifs is 2. The quantitative estimate of drug-likeness (QED) is 0.440. The van der Waals surface area contributed by atoms with Gasteiger partial charge in [-0.1, -0.05) is 36.8 Å². The number of aromatic nitrogens is 1. The van der Waals surface area contributed by atoms with E-state index in [9.17, 15) is 4.79 Å². The standard InChI is InChI=1S/C17H11NO/c1-2-3-12-18-15-10-6-4-8-13(15)17(19)14-9-5-7-11-16(14)18/h2,4-11H,1H2. The van der Waals surface area contributed by atoms with E-state index in [1.807, 2.05) is 53.1 Å². The van der Waals surface area contributed by atoms with Gasteiger partial charge in [0.15, 0.2) is 5.43 Å². The molecule has 0 aliphatic rings. The summed E-state index contributed by atoms with van der Waals surface area (Å²) in [6.45, 7) is 3.60. The van der Waals surface area contributed by atoms with Crippen LogP contribution in [0.15, 0.2) is 66.0 Å². The fraction of sp³-hybridized carbons (Fsp3) is 0. The fourth-order valence-corrected chi connectivity index (χ4v) is 2.23. The van der Waals surface area contributed by atoms with Gasteiger partial charge in [0, 0.05) is 16.8 Å². The lowest BCUT2D eigenvalue weighted by Crippen LogP contribution is -2.08. The molecule has 0 spiro atoms. The highest BCUT2D eigenvalue weighted by Crippen LogP contribution is 2.17. The van der Waals surface area contributed by atoms with Gasteiger partial charge in [-0.05, 0) is 30.3 Å². The van der Waals surface area contributed by atoms with Gasteiger partial charge in [0.25, 0.3) is 0 Å². The Morgan fingerprint density at radius 2 is 1.47 bits per heavy atom. The van der Waals surface area contributed by atoms with Crippen molar-refractivity contribution in [3.63, 3.8) is 0 Å². The van der Waals surface area contributed by atoms with Crippen molar-refractivity contribution in [2.24, 2.45) is 0 Å². The van der Waals surface area contributed by atoms with Crippen LogP contribution in [0.25, 0.3) is 21.8 Å². The molecule has 0 fully saturated rings. The van der Waals surface area contributed by atoms with Gasteiger partial charge in [0.1, 0.15) is 0 Å². The van der Waals surface area contributed by atoms with Gasteiger partial charge >= 0.3 is 0 Å². The van der Waals surface area contributed by atoms with Gasteiger partial charge in [-0.15, -0.1) is 0 Å². The summed E-state index contributed by atoms with van der Waals surface area (Å²) in [7, 11) is 0. The molecule has 0 atom stereocenters. The average Bonchev–Trinajstić information content (AvgIpc) is 2.47. The van der Waals surface area contributed by atoms with Crippen LogP contribution in [0.4, 0.5) is 0 Å². The van der Waals surface area contributed by atoms with Gasteiger partial charge in [0.05, 0.1) is 11.0 Å². The van der Waals surface area contributed by atoms with Crippen LogP contribution in [0.5, 0.6) is 0 Å². The largest absolute Gasteiger partial charge is 0.288 e. The number of rotatable bonds is 0. The zero-order valence-electron chi connectivity index (χ0n) is 10.3. The molecule has 2 aromatic carbocycles. The van der Waals surface area contributed by atoms with E-state index in [1.165, 1.54) is 0 Å². The van der Waals surface area contributed by atoms with E-state index >= 15 is 0 Å². The second-order valence-corrected chi connectivity index (χ2v) is 4.16. The van der Waals surface area contributed by atoms with Crippen molar-refractivity contribution in [2.75, 3.05) is 0 Å². The second kappa shape index (κ2) is 4.47. The Bertz CT molecular complexity index is 847. The molecule has 0 aliphatic heterocycles. The predicted octanol–water partition coefficient (Wildman–Crippen LogP) is 3.15. The van der Waals surface area contributed by atoms with Crippen LogP contribution >= 0.6 is 0 Å². The minimum atomic E-state index is 0.0443. The topological polar surface area (TPSA) is 22.0 Å². The zero-order chi connectivity index (χ0) is 13.2. The Hall–Kier alpha value is -2.79. The highest BCUT2D eigenvalue weighted by atomic mass is 16.1. The third kappa shape index (κ3) is 1.73. The molecule has 2 heteroatoms. The maximum Gasteiger partial charge on any atom is 0.197 e. The van der Waals surface area contributed by atoms with Crippen molar-refractivity contribution in [1.29, 1.82) is 0 Å². The van der Waals surface area contributed by atoms with Crippen LogP contribution in [-0.4, -0.2) is 4.57 Å². The Morgan fingerprint density at radius 1 is 0.947 bits per heavy atom. The molecule has 19 heavy (non-hydrogen) atoms. The lowest BCUT2D eigenvalue weighted by molar-refractivity contribution is 1.24. The molecule has 0 unspecified atom stereocenters. The molecule has 90 valence electrons. The number of pyridine rings is 1. The minimum absolute atomic E-state index is 0.0443.